The number of fused-ring (bicyclic) bond motifs is 3. The molecule has 48 heavy (non-hydrogen) atoms. The van der Waals surface area contributed by atoms with Crippen molar-refractivity contribution in [3.63, 3.8) is 0 Å². The number of para-hydroxylation sites is 1. The molecule has 1 aliphatic rings. The summed E-state index contributed by atoms with van der Waals surface area (Å²) >= 11 is 0. The molecule has 0 saturated heterocycles. The highest BCUT2D eigenvalue weighted by molar-refractivity contribution is 6.31. The Balaban J connectivity index is 1.27. The number of benzene rings is 4. The van der Waals surface area contributed by atoms with Crippen LogP contribution in [-0.2, 0) is 22.0 Å². The summed E-state index contributed by atoms with van der Waals surface area (Å²) in [6, 6.07) is 20.2. The number of nitrogens with one attached hydrogen (secondary N) is 1. The monoisotopic (exact) mass is 643 g/mol. The fourth-order valence-corrected chi connectivity index (χ4v) is 6.45. The molecule has 9 heteroatoms. The number of phenolic OH excluding ortho intramolecular Hbond substituents is 1. The van der Waals surface area contributed by atoms with Gasteiger partial charge in [0.1, 0.15) is 11.7 Å². The second-order valence-electron chi connectivity index (χ2n) is 14.5. The van der Waals surface area contributed by atoms with E-state index in [0.29, 0.717) is 23.0 Å². The Morgan fingerprint density at radius 3 is 2.08 bits per heavy atom. The minimum absolute atomic E-state index is 0.133. The number of aromatic hydroxyl groups is 1. The molecular weight excluding hydrogens is 606 g/mol. The lowest BCUT2D eigenvalue weighted by Crippen LogP contribution is -2.18. The predicted octanol–water partition coefficient (Wildman–Crippen LogP) is 8.33. The molecule has 0 saturated carbocycles. The van der Waals surface area contributed by atoms with Crippen LogP contribution in [0, 0.1) is 10.1 Å². The van der Waals surface area contributed by atoms with Crippen molar-refractivity contribution in [2.45, 2.75) is 71.1 Å². The topological polar surface area (TPSA) is 140 Å². The lowest BCUT2D eigenvalue weighted by atomic mass is 9.78. The maximum absolute atomic E-state index is 13.6. The molecule has 2 N–H and O–H groups in total. The number of hydrogen-bond acceptors (Lipinski definition) is 7. The fraction of sp³-hybridized carbons (Fsp3) is 0.282. The number of anilines is 1. The van der Waals surface area contributed by atoms with Crippen molar-refractivity contribution in [1.82, 2.24) is 4.98 Å². The molecule has 1 amide bonds. The van der Waals surface area contributed by atoms with Crippen LogP contribution in [0.15, 0.2) is 72.8 Å². The number of nitro benzene ring substituents is 1. The van der Waals surface area contributed by atoms with Gasteiger partial charge in [-0.15, -0.1) is 0 Å². The van der Waals surface area contributed by atoms with Crippen LogP contribution in [0.3, 0.4) is 0 Å². The van der Waals surface area contributed by atoms with Crippen molar-refractivity contribution in [2.75, 3.05) is 5.32 Å². The van der Waals surface area contributed by atoms with Crippen LogP contribution >= 0.6 is 0 Å². The third-order valence-corrected chi connectivity index (χ3v) is 8.99. The normalized spacial score (nSPS) is 14.8. The second-order valence-corrected chi connectivity index (χ2v) is 14.5. The Kier molecular flexibility index (Phi) is 7.90. The smallest absolute Gasteiger partial charge is 0.277 e. The lowest BCUT2D eigenvalue weighted by Gasteiger charge is -2.28. The van der Waals surface area contributed by atoms with Crippen molar-refractivity contribution in [1.29, 1.82) is 0 Å². The Bertz CT molecular complexity index is 2150. The van der Waals surface area contributed by atoms with Crippen LogP contribution in [0.2, 0.25) is 0 Å². The molecule has 0 radical (unpaired) electrons. The minimum atomic E-state index is -1.20. The second kappa shape index (κ2) is 11.7. The molecule has 5 aromatic rings. The molecule has 0 aliphatic heterocycles. The molecule has 0 spiro atoms. The number of ketones is 2. The Hall–Kier alpha value is -5.44. The maximum atomic E-state index is 13.6. The summed E-state index contributed by atoms with van der Waals surface area (Å²) in [6.45, 7) is 12.3. The Morgan fingerprint density at radius 1 is 0.854 bits per heavy atom. The van der Waals surface area contributed by atoms with Gasteiger partial charge in [0, 0.05) is 29.0 Å². The summed E-state index contributed by atoms with van der Waals surface area (Å²) in [5, 5.41) is 27.1. The maximum Gasteiger partial charge on any atom is 0.277 e. The summed E-state index contributed by atoms with van der Waals surface area (Å²) in [5.74, 6) is -2.03. The van der Waals surface area contributed by atoms with Crippen LogP contribution in [0.4, 0.5) is 11.4 Å². The van der Waals surface area contributed by atoms with Crippen LogP contribution in [0.5, 0.6) is 5.75 Å². The molecule has 0 fully saturated rings. The van der Waals surface area contributed by atoms with Gasteiger partial charge in [0.15, 0.2) is 11.6 Å². The van der Waals surface area contributed by atoms with Crippen molar-refractivity contribution < 1.29 is 24.4 Å². The van der Waals surface area contributed by atoms with Gasteiger partial charge in [-0.3, -0.25) is 24.5 Å². The van der Waals surface area contributed by atoms with Gasteiger partial charge in [0.2, 0.25) is 5.91 Å². The van der Waals surface area contributed by atoms with E-state index in [1.165, 1.54) is 18.2 Å². The molecule has 1 unspecified atom stereocenters. The van der Waals surface area contributed by atoms with Crippen molar-refractivity contribution in [3.8, 4) is 5.75 Å². The number of carbonyl (C=O) groups is 3. The van der Waals surface area contributed by atoms with E-state index >= 15 is 0 Å². The first kappa shape index (κ1) is 32.5. The van der Waals surface area contributed by atoms with E-state index in [9.17, 15) is 29.6 Å². The third kappa shape index (κ3) is 5.81. The Morgan fingerprint density at radius 2 is 1.46 bits per heavy atom. The molecular formula is C39H37N3O6. The van der Waals surface area contributed by atoms with E-state index < -0.39 is 22.4 Å². The number of pyridine rings is 1. The SMILES string of the molecule is CC(C)(C)c1cc(CCC(=O)Nc2cccc3ccc(C4C(=O)c5cc6cccc([N+](=O)[O-])c6cc5C4=O)nc23)cc(C(C)(C)C)c1O. The number of phenols is 1. The quantitative estimate of drug-likeness (QED) is 0.108. The standard InChI is InChI=1S/C39H37N3O6/c1-38(2,3)27-17-21(18-28(37(27)46)39(4,5)6)13-16-32(43)40-30-11-7-9-22-14-15-29(41-34(22)30)33-35(44)25-19-23-10-8-12-31(42(47)48)24(23)20-26(25)36(33)45/h7-12,14-15,17-20,33,46H,13,16H2,1-6H3,(H,40,43). The molecule has 4 aromatic carbocycles. The summed E-state index contributed by atoms with van der Waals surface area (Å²) < 4.78 is 0. The van der Waals surface area contributed by atoms with Crippen LogP contribution in [0.25, 0.3) is 21.7 Å². The zero-order valence-corrected chi connectivity index (χ0v) is 27.8. The zero-order valence-electron chi connectivity index (χ0n) is 27.8. The van der Waals surface area contributed by atoms with Crippen LogP contribution < -0.4 is 5.32 Å². The molecule has 1 heterocycles. The number of amides is 1. The Labute approximate surface area is 278 Å². The number of nitro groups is 1. The van der Waals surface area contributed by atoms with Crippen LogP contribution in [0.1, 0.15) is 97.0 Å². The van der Waals surface area contributed by atoms with E-state index in [2.05, 4.69) is 5.32 Å². The zero-order chi connectivity index (χ0) is 34.7. The first-order valence-electron chi connectivity index (χ1n) is 15.9. The molecule has 1 atom stereocenters. The van der Waals surface area contributed by atoms with Gasteiger partial charge in [-0.05, 0) is 63.6 Å². The molecule has 1 aromatic heterocycles. The fourth-order valence-electron chi connectivity index (χ4n) is 6.45. The summed E-state index contributed by atoms with van der Waals surface area (Å²) in [4.78, 5) is 56.4. The van der Waals surface area contributed by atoms with Gasteiger partial charge in [-0.1, -0.05) is 84.0 Å². The highest BCUT2D eigenvalue weighted by Crippen LogP contribution is 2.41. The van der Waals surface area contributed by atoms with Gasteiger partial charge in [-0.2, -0.15) is 0 Å². The number of carbonyl (C=O) groups excluding carboxylic acids is 3. The van der Waals surface area contributed by atoms with Gasteiger partial charge in [-0.25, -0.2) is 4.98 Å². The van der Waals surface area contributed by atoms with Gasteiger partial charge >= 0.3 is 0 Å². The number of Topliss-reactive ketones (excluding diaryl/α,β-unsaturated/α-hetero) is 2. The van der Waals surface area contributed by atoms with E-state index in [1.54, 1.807) is 36.4 Å². The molecule has 244 valence electrons. The first-order chi connectivity index (χ1) is 22.5. The number of rotatable bonds is 6. The third-order valence-electron chi connectivity index (χ3n) is 8.99. The van der Waals surface area contributed by atoms with Crippen LogP contribution in [-0.4, -0.2) is 32.5 Å². The van der Waals surface area contributed by atoms with E-state index in [0.717, 1.165) is 22.1 Å². The van der Waals surface area contributed by atoms with E-state index in [-0.39, 0.29) is 56.8 Å². The number of non-ortho nitro benzene ring substituents is 1. The average Bonchev–Trinajstić information content (AvgIpc) is 3.26. The van der Waals surface area contributed by atoms with E-state index in [4.69, 9.17) is 4.98 Å². The number of aryl methyl sites for hydroxylation is 1. The summed E-state index contributed by atoms with van der Waals surface area (Å²) in [7, 11) is 0. The summed E-state index contributed by atoms with van der Waals surface area (Å²) in [6.07, 6.45) is 0.639. The molecule has 9 nitrogen and oxygen atoms in total. The minimum Gasteiger partial charge on any atom is -0.507 e. The lowest BCUT2D eigenvalue weighted by molar-refractivity contribution is -0.383. The highest BCUT2D eigenvalue weighted by Gasteiger charge is 2.41. The van der Waals surface area contributed by atoms with Crippen molar-refractivity contribution in [3.05, 3.63) is 116 Å². The molecule has 1 aliphatic carbocycles. The number of aromatic nitrogens is 1. The number of hydrogen-bond donors (Lipinski definition) is 2. The first-order valence-corrected chi connectivity index (χ1v) is 15.9. The highest BCUT2D eigenvalue weighted by atomic mass is 16.6. The summed E-state index contributed by atoms with van der Waals surface area (Å²) in [5.41, 5.74) is 3.37. The van der Waals surface area contributed by atoms with Crippen molar-refractivity contribution >= 4 is 50.5 Å². The van der Waals surface area contributed by atoms with Gasteiger partial charge < -0.3 is 10.4 Å². The van der Waals surface area contributed by atoms with Crippen molar-refractivity contribution in [2.24, 2.45) is 0 Å². The molecule has 6 rings (SSSR count). The molecule has 0 bridgehead atoms. The number of nitrogens with zero attached hydrogens (tertiary/aromatic N) is 2. The van der Waals surface area contributed by atoms with Gasteiger partial charge in [0.25, 0.3) is 5.69 Å². The average molecular weight is 644 g/mol. The van der Waals surface area contributed by atoms with E-state index in [1.807, 2.05) is 59.7 Å². The predicted molar refractivity (Wildman–Crippen MR) is 186 cm³/mol. The van der Waals surface area contributed by atoms with Gasteiger partial charge in [0.05, 0.1) is 27.2 Å². The largest absolute Gasteiger partial charge is 0.507 e.